The highest BCUT2D eigenvalue weighted by atomic mass is 16.4. The van der Waals surface area contributed by atoms with Crippen LogP contribution >= 0.6 is 0 Å². The third kappa shape index (κ3) is 4.94. The van der Waals surface area contributed by atoms with Crippen LogP contribution in [0.1, 0.15) is 33.1 Å². The van der Waals surface area contributed by atoms with Gasteiger partial charge in [-0.15, -0.1) is 6.58 Å². The van der Waals surface area contributed by atoms with Gasteiger partial charge in [-0.05, 0) is 24.7 Å². The van der Waals surface area contributed by atoms with E-state index < -0.39 is 5.97 Å². The van der Waals surface area contributed by atoms with E-state index in [1.54, 1.807) is 0 Å². The van der Waals surface area contributed by atoms with Gasteiger partial charge in [0, 0.05) is 6.42 Å². The molecular weight excluding hydrogens is 152 g/mol. The second-order valence-corrected chi connectivity index (χ2v) is 3.42. The van der Waals surface area contributed by atoms with Crippen LogP contribution < -0.4 is 0 Å². The number of carbonyl (C=O) groups is 1. The third-order valence-electron chi connectivity index (χ3n) is 2.29. The van der Waals surface area contributed by atoms with Gasteiger partial charge in [0.25, 0.3) is 0 Å². The summed E-state index contributed by atoms with van der Waals surface area (Å²) in [6.45, 7) is 7.72. The zero-order valence-electron chi connectivity index (χ0n) is 7.92. The molecule has 0 heterocycles. The molecule has 0 fully saturated rings. The molecule has 0 aromatic heterocycles. The molecule has 0 aromatic carbocycles. The highest BCUT2D eigenvalue weighted by Gasteiger charge is 2.14. The summed E-state index contributed by atoms with van der Waals surface area (Å²) in [5.74, 6) is 0.0366. The summed E-state index contributed by atoms with van der Waals surface area (Å²) in [4.78, 5) is 10.4. The predicted molar refractivity (Wildman–Crippen MR) is 50.0 cm³/mol. The third-order valence-corrected chi connectivity index (χ3v) is 2.29. The van der Waals surface area contributed by atoms with Gasteiger partial charge >= 0.3 is 5.97 Å². The lowest BCUT2D eigenvalue weighted by molar-refractivity contribution is -0.138. The molecule has 2 nitrogen and oxygen atoms in total. The first-order valence-electron chi connectivity index (χ1n) is 4.40. The van der Waals surface area contributed by atoms with E-state index in [-0.39, 0.29) is 12.3 Å². The molecule has 2 heteroatoms. The fraction of sp³-hybridized carbons (Fsp3) is 0.700. The van der Waals surface area contributed by atoms with Gasteiger partial charge in [-0.25, -0.2) is 0 Å². The lowest BCUT2D eigenvalue weighted by Gasteiger charge is -2.16. The van der Waals surface area contributed by atoms with Crippen LogP contribution in [0.3, 0.4) is 0 Å². The maximum absolute atomic E-state index is 10.4. The fourth-order valence-electron chi connectivity index (χ4n) is 1.14. The smallest absolute Gasteiger partial charge is 0.303 e. The van der Waals surface area contributed by atoms with E-state index in [1.807, 2.05) is 13.0 Å². The number of allylic oxidation sites excluding steroid dienone is 1. The summed E-state index contributed by atoms with van der Waals surface area (Å²) < 4.78 is 0. The molecule has 0 saturated carbocycles. The van der Waals surface area contributed by atoms with E-state index in [0.717, 1.165) is 12.8 Å². The van der Waals surface area contributed by atoms with Crippen LogP contribution in [-0.2, 0) is 4.79 Å². The standard InChI is InChI=1S/C10H18O2/c1-4-5-6-8(2)9(3)7-10(11)12/h4,8-9H,1,5-7H2,2-3H3,(H,11,12). The zero-order valence-corrected chi connectivity index (χ0v) is 7.92. The molecule has 12 heavy (non-hydrogen) atoms. The van der Waals surface area contributed by atoms with Crippen molar-refractivity contribution in [2.75, 3.05) is 0 Å². The van der Waals surface area contributed by atoms with Crippen LogP contribution in [-0.4, -0.2) is 11.1 Å². The molecule has 0 rings (SSSR count). The topological polar surface area (TPSA) is 37.3 Å². The monoisotopic (exact) mass is 170 g/mol. The Morgan fingerprint density at radius 3 is 2.50 bits per heavy atom. The lowest BCUT2D eigenvalue weighted by Crippen LogP contribution is -2.12. The normalized spacial score (nSPS) is 15.2. The van der Waals surface area contributed by atoms with E-state index in [4.69, 9.17) is 5.11 Å². The number of hydrogen-bond acceptors (Lipinski definition) is 1. The Balaban J connectivity index is 3.67. The molecule has 0 aliphatic rings. The van der Waals surface area contributed by atoms with Crippen LogP contribution in [0.15, 0.2) is 12.7 Å². The Labute approximate surface area is 74.3 Å². The largest absolute Gasteiger partial charge is 0.481 e. The minimum atomic E-state index is -0.701. The molecule has 0 aliphatic heterocycles. The minimum absolute atomic E-state index is 0.266. The first kappa shape index (κ1) is 11.2. The Morgan fingerprint density at radius 1 is 1.50 bits per heavy atom. The minimum Gasteiger partial charge on any atom is -0.481 e. The fourth-order valence-corrected chi connectivity index (χ4v) is 1.14. The van der Waals surface area contributed by atoms with Crippen molar-refractivity contribution in [1.82, 2.24) is 0 Å². The van der Waals surface area contributed by atoms with Crippen molar-refractivity contribution in [3.05, 3.63) is 12.7 Å². The van der Waals surface area contributed by atoms with E-state index in [0.29, 0.717) is 5.92 Å². The summed E-state index contributed by atoms with van der Waals surface area (Å²) in [7, 11) is 0. The Bertz CT molecular complexity index is 152. The van der Waals surface area contributed by atoms with Gasteiger partial charge in [0.05, 0.1) is 0 Å². The molecule has 70 valence electrons. The number of aliphatic carboxylic acids is 1. The maximum atomic E-state index is 10.4. The molecule has 0 bridgehead atoms. The highest BCUT2D eigenvalue weighted by molar-refractivity contribution is 5.66. The maximum Gasteiger partial charge on any atom is 0.303 e. The molecular formula is C10H18O2. The molecule has 2 unspecified atom stereocenters. The highest BCUT2D eigenvalue weighted by Crippen LogP contribution is 2.19. The average Bonchev–Trinajstić information content (AvgIpc) is 1.98. The van der Waals surface area contributed by atoms with Crippen molar-refractivity contribution in [2.24, 2.45) is 11.8 Å². The molecule has 1 N–H and O–H groups in total. The summed E-state index contributed by atoms with van der Waals surface area (Å²) in [5, 5.41) is 8.54. The number of carboxylic acids is 1. The Hall–Kier alpha value is -0.790. The van der Waals surface area contributed by atoms with Crippen molar-refractivity contribution in [1.29, 1.82) is 0 Å². The van der Waals surface area contributed by atoms with Gasteiger partial charge in [-0.1, -0.05) is 19.9 Å². The SMILES string of the molecule is C=CCCC(C)C(C)CC(=O)O. The van der Waals surface area contributed by atoms with E-state index in [2.05, 4.69) is 13.5 Å². The van der Waals surface area contributed by atoms with Crippen LogP contribution in [0.25, 0.3) is 0 Å². The first-order chi connectivity index (χ1) is 5.57. The number of hydrogen-bond donors (Lipinski definition) is 1. The lowest BCUT2D eigenvalue weighted by atomic mass is 9.89. The van der Waals surface area contributed by atoms with Gasteiger partial charge in [0.1, 0.15) is 0 Å². The summed E-state index contributed by atoms with van der Waals surface area (Å²) in [6, 6.07) is 0. The molecule has 0 radical (unpaired) electrons. The average molecular weight is 170 g/mol. The van der Waals surface area contributed by atoms with Crippen LogP contribution in [0.2, 0.25) is 0 Å². The Morgan fingerprint density at radius 2 is 2.08 bits per heavy atom. The van der Waals surface area contributed by atoms with Crippen molar-refractivity contribution in [3.8, 4) is 0 Å². The van der Waals surface area contributed by atoms with E-state index in [9.17, 15) is 4.79 Å². The summed E-state index contributed by atoms with van der Waals surface area (Å²) in [5.41, 5.74) is 0. The van der Waals surface area contributed by atoms with Gasteiger partial charge in [0.2, 0.25) is 0 Å². The quantitative estimate of drug-likeness (QED) is 0.622. The van der Waals surface area contributed by atoms with Crippen molar-refractivity contribution in [3.63, 3.8) is 0 Å². The second kappa shape index (κ2) is 5.81. The molecule has 2 atom stereocenters. The molecule has 0 aliphatic carbocycles. The second-order valence-electron chi connectivity index (χ2n) is 3.42. The number of carboxylic acid groups (broad SMARTS) is 1. The summed E-state index contributed by atoms with van der Waals surface area (Å²) in [6.07, 6.45) is 4.17. The van der Waals surface area contributed by atoms with Crippen molar-refractivity contribution < 1.29 is 9.90 Å². The van der Waals surface area contributed by atoms with E-state index >= 15 is 0 Å². The van der Waals surface area contributed by atoms with Gasteiger partial charge in [-0.2, -0.15) is 0 Å². The van der Waals surface area contributed by atoms with Crippen LogP contribution in [0.5, 0.6) is 0 Å². The zero-order chi connectivity index (χ0) is 9.56. The summed E-state index contributed by atoms with van der Waals surface area (Å²) >= 11 is 0. The van der Waals surface area contributed by atoms with Crippen molar-refractivity contribution in [2.45, 2.75) is 33.1 Å². The predicted octanol–water partition coefficient (Wildman–Crippen LogP) is 2.70. The van der Waals surface area contributed by atoms with E-state index in [1.165, 1.54) is 0 Å². The van der Waals surface area contributed by atoms with Crippen molar-refractivity contribution >= 4 is 5.97 Å². The molecule has 0 saturated heterocycles. The number of rotatable bonds is 6. The molecule has 0 spiro atoms. The van der Waals surface area contributed by atoms with Gasteiger partial charge in [-0.3, -0.25) is 4.79 Å². The van der Waals surface area contributed by atoms with Gasteiger partial charge < -0.3 is 5.11 Å². The Kier molecular flexibility index (Phi) is 5.43. The molecule has 0 aromatic rings. The van der Waals surface area contributed by atoms with Gasteiger partial charge in [0.15, 0.2) is 0 Å². The van der Waals surface area contributed by atoms with Crippen LogP contribution in [0, 0.1) is 11.8 Å². The van der Waals surface area contributed by atoms with Crippen LogP contribution in [0.4, 0.5) is 0 Å². The molecule has 0 amide bonds. The first-order valence-corrected chi connectivity index (χ1v) is 4.40.